The summed E-state index contributed by atoms with van der Waals surface area (Å²) in [7, 11) is 2.59. The zero-order chi connectivity index (χ0) is 13.1. The summed E-state index contributed by atoms with van der Waals surface area (Å²) in [6, 6.07) is 0. The van der Waals surface area contributed by atoms with Crippen molar-refractivity contribution in [3.8, 4) is 0 Å². The molecule has 0 spiro atoms. The molecule has 1 atom stereocenters. The van der Waals surface area contributed by atoms with Crippen molar-refractivity contribution < 1.29 is 19.1 Å². The first-order chi connectivity index (χ1) is 8.05. The summed E-state index contributed by atoms with van der Waals surface area (Å²) < 4.78 is 9.52. The molecular weight excluding hydrogens is 220 g/mol. The van der Waals surface area contributed by atoms with E-state index in [9.17, 15) is 9.59 Å². The first-order valence-corrected chi connectivity index (χ1v) is 5.94. The second-order valence-corrected chi connectivity index (χ2v) is 4.34. The summed E-state index contributed by atoms with van der Waals surface area (Å²) in [5, 5.41) is 0. The van der Waals surface area contributed by atoms with E-state index in [1.165, 1.54) is 14.2 Å². The van der Waals surface area contributed by atoms with Crippen LogP contribution in [0.2, 0.25) is 0 Å². The van der Waals surface area contributed by atoms with Gasteiger partial charge in [0.1, 0.15) is 0 Å². The molecule has 4 nitrogen and oxygen atoms in total. The summed E-state index contributed by atoms with van der Waals surface area (Å²) in [5.41, 5.74) is -0.0847. The van der Waals surface area contributed by atoms with E-state index in [-0.39, 0.29) is 5.92 Å². The lowest BCUT2D eigenvalue weighted by Gasteiger charge is -2.22. The second-order valence-electron chi connectivity index (χ2n) is 4.34. The lowest BCUT2D eigenvalue weighted by molar-refractivity contribution is -0.165. The number of carbonyl (C=O) groups excluding carboxylic acids is 2. The first-order valence-electron chi connectivity index (χ1n) is 5.94. The van der Waals surface area contributed by atoms with Gasteiger partial charge in [0, 0.05) is 0 Å². The first kappa shape index (κ1) is 13.7. The second kappa shape index (κ2) is 5.34. The largest absolute Gasteiger partial charge is 0.468 e. The molecule has 0 saturated carbocycles. The van der Waals surface area contributed by atoms with Crippen LogP contribution < -0.4 is 0 Å². The SMILES string of the molecule is CCC1=CC(C(=O)OC)(C(=O)OC)CC1CC. The summed E-state index contributed by atoms with van der Waals surface area (Å²) in [6.07, 6.45) is 3.97. The van der Waals surface area contributed by atoms with Crippen LogP contribution in [0, 0.1) is 11.3 Å². The number of esters is 2. The van der Waals surface area contributed by atoms with Gasteiger partial charge in [0.05, 0.1) is 14.2 Å². The van der Waals surface area contributed by atoms with E-state index in [0.29, 0.717) is 6.42 Å². The molecule has 0 aliphatic heterocycles. The molecular formula is C13H20O4. The Balaban J connectivity index is 3.15. The molecule has 0 amide bonds. The molecule has 0 bridgehead atoms. The van der Waals surface area contributed by atoms with Gasteiger partial charge in [-0.05, 0) is 25.2 Å². The fourth-order valence-corrected chi connectivity index (χ4v) is 2.54. The van der Waals surface area contributed by atoms with Crippen LogP contribution in [0.15, 0.2) is 11.6 Å². The highest BCUT2D eigenvalue weighted by Gasteiger charge is 2.51. The Kier molecular flexibility index (Phi) is 4.32. The average molecular weight is 240 g/mol. The lowest BCUT2D eigenvalue weighted by Crippen LogP contribution is -2.38. The lowest BCUT2D eigenvalue weighted by atomic mass is 9.84. The maximum atomic E-state index is 11.9. The van der Waals surface area contributed by atoms with Crippen molar-refractivity contribution in [3.05, 3.63) is 11.6 Å². The van der Waals surface area contributed by atoms with Gasteiger partial charge in [-0.2, -0.15) is 0 Å². The molecule has 0 saturated heterocycles. The molecule has 1 aliphatic carbocycles. The molecule has 1 aliphatic rings. The van der Waals surface area contributed by atoms with Crippen molar-refractivity contribution >= 4 is 11.9 Å². The number of ether oxygens (including phenoxy) is 2. The maximum absolute atomic E-state index is 11.9. The smallest absolute Gasteiger partial charge is 0.327 e. The third kappa shape index (κ3) is 2.21. The Labute approximate surface area is 102 Å². The maximum Gasteiger partial charge on any atom is 0.327 e. The molecule has 4 heteroatoms. The van der Waals surface area contributed by atoms with E-state index in [2.05, 4.69) is 6.92 Å². The van der Waals surface area contributed by atoms with Gasteiger partial charge in [-0.3, -0.25) is 9.59 Å². The predicted molar refractivity (Wildman–Crippen MR) is 63.2 cm³/mol. The van der Waals surface area contributed by atoms with Crippen LogP contribution in [0.25, 0.3) is 0 Å². The summed E-state index contributed by atoms with van der Waals surface area (Å²) in [4.78, 5) is 23.8. The Morgan fingerprint density at radius 2 is 1.82 bits per heavy atom. The Morgan fingerprint density at radius 1 is 1.29 bits per heavy atom. The van der Waals surface area contributed by atoms with Crippen molar-refractivity contribution in [3.63, 3.8) is 0 Å². The molecule has 0 aromatic heterocycles. The Morgan fingerprint density at radius 3 is 2.12 bits per heavy atom. The normalized spacial score (nSPS) is 21.9. The van der Waals surface area contributed by atoms with Crippen LogP contribution in [-0.4, -0.2) is 26.2 Å². The van der Waals surface area contributed by atoms with Crippen LogP contribution in [0.1, 0.15) is 33.1 Å². The number of hydrogen-bond acceptors (Lipinski definition) is 4. The van der Waals surface area contributed by atoms with Gasteiger partial charge in [0.25, 0.3) is 0 Å². The summed E-state index contributed by atoms with van der Waals surface area (Å²) >= 11 is 0. The molecule has 0 radical (unpaired) electrons. The number of rotatable bonds is 4. The van der Waals surface area contributed by atoms with E-state index in [0.717, 1.165) is 18.4 Å². The van der Waals surface area contributed by atoms with Crippen LogP contribution in [0.4, 0.5) is 0 Å². The van der Waals surface area contributed by atoms with Gasteiger partial charge >= 0.3 is 11.9 Å². The van der Waals surface area contributed by atoms with Crippen molar-refractivity contribution in [2.75, 3.05) is 14.2 Å². The van der Waals surface area contributed by atoms with E-state index in [4.69, 9.17) is 9.47 Å². The molecule has 0 heterocycles. The highest BCUT2D eigenvalue weighted by atomic mass is 16.5. The highest BCUT2D eigenvalue weighted by Crippen LogP contribution is 2.44. The molecule has 0 aromatic carbocycles. The minimum Gasteiger partial charge on any atom is -0.468 e. The van der Waals surface area contributed by atoms with Gasteiger partial charge < -0.3 is 9.47 Å². The van der Waals surface area contributed by atoms with Crippen molar-refractivity contribution in [1.82, 2.24) is 0 Å². The monoisotopic (exact) mass is 240 g/mol. The number of carbonyl (C=O) groups is 2. The van der Waals surface area contributed by atoms with Crippen molar-refractivity contribution in [2.45, 2.75) is 33.1 Å². The van der Waals surface area contributed by atoms with Crippen LogP contribution >= 0.6 is 0 Å². The average Bonchev–Trinajstić information content (AvgIpc) is 2.76. The third-order valence-corrected chi connectivity index (χ3v) is 3.52. The quantitative estimate of drug-likeness (QED) is 0.429. The van der Waals surface area contributed by atoms with Crippen LogP contribution in [0.5, 0.6) is 0 Å². The summed E-state index contributed by atoms with van der Waals surface area (Å²) in [5.74, 6) is -0.782. The zero-order valence-corrected chi connectivity index (χ0v) is 10.9. The topological polar surface area (TPSA) is 52.6 Å². The Hall–Kier alpha value is -1.32. The standard InChI is InChI=1S/C13H20O4/c1-5-9-7-13(11(14)16-3,12(15)17-4)8-10(9)6-2/h7,10H,5-6,8H2,1-4H3. The third-order valence-electron chi connectivity index (χ3n) is 3.52. The molecule has 0 fully saturated rings. The predicted octanol–water partition coefficient (Wildman–Crippen LogP) is 2.09. The Bertz CT molecular complexity index is 327. The van der Waals surface area contributed by atoms with Gasteiger partial charge in [0.2, 0.25) is 0 Å². The van der Waals surface area contributed by atoms with E-state index in [1.807, 2.05) is 6.92 Å². The van der Waals surface area contributed by atoms with Crippen molar-refractivity contribution in [1.29, 1.82) is 0 Å². The highest BCUT2D eigenvalue weighted by molar-refractivity contribution is 6.03. The minimum absolute atomic E-state index is 0.262. The van der Waals surface area contributed by atoms with Gasteiger partial charge in [-0.1, -0.05) is 25.5 Å². The van der Waals surface area contributed by atoms with Crippen LogP contribution in [0.3, 0.4) is 0 Å². The van der Waals surface area contributed by atoms with E-state index >= 15 is 0 Å². The molecule has 1 unspecified atom stereocenters. The minimum atomic E-state index is -1.23. The summed E-state index contributed by atoms with van der Waals surface area (Å²) in [6.45, 7) is 4.08. The number of methoxy groups -OCH3 is 2. The van der Waals surface area contributed by atoms with E-state index in [1.54, 1.807) is 6.08 Å². The van der Waals surface area contributed by atoms with Gasteiger partial charge in [0.15, 0.2) is 5.41 Å². The number of allylic oxidation sites excluding steroid dienone is 1. The number of hydrogen-bond donors (Lipinski definition) is 0. The van der Waals surface area contributed by atoms with E-state index < -0.39 is 17.4 Å². The molecule has 0 aromatic rings. The molecule has 17 heavy (non-hydrogen) atoms. The van der Waals surface area contributed by atoms with Gasteiger partial charge in [-0.25, -0.2) is 0 Å². The van der Waals surface area contributed by atoms with Crippen molar-refractivity contribution in [2.24, 2.45) is 11.3 Å². The fourth-order valence-electron chi connectivity index (χ4n) is 2.54. The van der Waals surface area contributed by atoms with Crippen LogP contribution in [-0.2, 0) is 19.1 Å². The zero-order valence-electron chi connectivity index (χ0n) is 10.9. The molecule has 96 valence electrons. The van der Waals surface area contributed by atoms with Gasteiger partial charge in [-0.15, -0.1) is 0 Å². The fraction of sp³-hybridized carbons (Fsp3) is 0.692. The molecule has 0 N–H and O–H groups in total. The molecule has 1 rings (SSSR count).